The minimum absolute atomic E-state index is 0.802. The van der Waals surface area contributed by atoms with Crippen molar-refractivity contribution in [2.24, 2.45) is 5.92 Å². The summed E-state index contributed by atoms with van der Waals surface area (Å²) in [6.45, 7) is 3.27. The Morgan fingerprint density at radius 2 is 2.22 bits per heavy atom. The largest absolute Gasteiger partial charge is 0.312 e. The van der Waals surface area contributed by atoms with Gasteiger partial charge in [0.25, 0.3) is 0 Å². The highest BCUT2D eigenvalue weighted by atomic mass is 32.2. The Balaban J connectivity index is 1.93. The first-order chi connectivity index (χ1) is 8.88. The standard InChI is InChI=1S/C14H19N3S/c1-2-13-16-12-4-3-7-15-14(12)17(13)10-11-5-8-18-9-6-11/h3-4,7,11H,2,5-6,8-10H2,1H3. The van der Waals surface area contributed by atoms with Crippen molar-refractivity contribution in [1.29, 1.82) is 0 Å². The molecule has 3 rings (SSSR count). The van der Waals surface area contributed by atoms with Crippen LogP contribution in [0.1, 0.15) is 25.6 Å². The Morgan fingerprint density at radius 1 is 1.39 bits per heavy atom. The van der Waals surface area contributed by atoms with Crippen molar-refractivity contribution < 1.29 is 0 Å². The fraction of sp³-hybridized carbons (Fsp3) is 0.571. The quantitative estimate of drug-likeness (QED) is 0.850. The van der Waals surface area contributed by atoms with E-state index in [9.17, 15) is 0 Å². The van der Waals surface area contributed by atoms with Crippen LogP contribution in [0.15, 0.2) is 18.3 Å². The molecule has 0 N–H and O–H groups in total. The molecular weight excluding hydrogens is 242 g/mol. The Bertz CT molecular complexity index is 529. The van der Waals surface area contributed by atoms with Crippen molar-refractivity contribution in [3.8, 4) is 0 Å². The smallest absolute Gasteiger partial charge is 0.159 e. The lowest BCUT2D eigenvalue weighted by molar-refractivity contribution is 0.414. The van der Waals surface area contributed by atoms with Crippen molar-refractivity contribution in [3.63, 3.8) is 0 Å². The van der Waals surface area contributed by atoms with E-state index in [1.807, 2.05) is 12.3 Å². The summed E-state index contributed by atoms with van der Waals surface area (Å²) >= 11 is 2.08. The summed E-state index contributed by atoms with van der Waals surface area (Å²) in [5.74, 6) is 4.61. The molecule has 0 aliphatic carbocycles. The highest BCUT2D eigenvalue weighted by Crippen LogP contribution is 2.26. The zero-order valence-electron chi connectivity index (χ0n) is 10.8. The zero-order chi connectivity index (χ0) is 12.4. The fourth-order valence-electron chi connectivity index (χ4n) is 2.65. The fourth-order valence-corrected chi connectivity index (χ4v) is 3.86. The third kappa shape index (κ3) is 2.26. The van der Waals surface area contributed by atoms with E-state index in [1.54, 1.807) is 0 Å². The van der Waals surface area contributed by atoms with Crippen LogP contribution < -0.4 is 0 Å². The number of aromatic nitrogens is 3. The maximum Gasteiger partial charge on any atom is 0.159 e. The summed E-state index contributed by atoms with van der Waals surface area (Å²) < 4.78 is 2.34. The molecule has 0 atom stereocenters. The van der Waals surface area contributed by atoms with Gasteiger partial charge >= 0.3 is 0 Å². The van der Waals surface area contributed by atoms with E-state index >= 15 is 0 Å². The van der Waals surface area contributed by atoms with Gasteiger partial charge in [-0.05, 0) is 42.4 Å². The topological polar surface area (TPSA) is 30.7 Å². The van der Waals surface area contributed by atoms with Gasteiger partial charge in [-0.1, -0.05) is 6.92 Å². The number of pyridine rings is 1. The number of thioether (sulfide) groups is 1. The van der Waals surface area contributed by atoms with E-state index in [0.29, 0.717) is 0 Å². The van der Waals surface area contributed by atoms with E-state index < -0.39 is 0 Å². The molecular formula is C14H19N3S. The van der Waals surface area contributed by atoms with E-state index in [0.717, 1.165) is 30.0 Å². The lowest BCUT2D eigenvalue weighted by Crippen LogP contribution is -2.18. The van der Waals surface area contributed by atoms with Crippen LogP contribution in [0.3, 0.4) is 0 Å². The van der Waals surface area contributed by atoms with Gasteiger partial charge in [0.1, 0.15) is 11.3 Å². The maximum absolute atomic E-state index is 4.69. The average Bonchev–Trinajstić information content (AvgIpc) is 2.78. The molecule has 0 saturated carbocycles. The number of hydrogen-bond acceptors (Lipinski definition) is 3. The first-order valence-corrected chi connectivity index (χ1v) is 7.92. The van der Waals surface area contributed by atoms with Crippen LogP contribution in [0.5, 0.6) is 0 Å². The normalized spacial score (nSPS) is 17.4. The lowest BCUT2D eigenvalue weighted by Gasteiger charge is -2.22. The van der Waals surface area contributed by atoms with Crippen molar-refractivity contribution in [2.75, 3.05) is 11.5 Å². The second-order valence-corrected chi connectivity index (χ2v) is 6.12. The highest BCUT2D eigenvalue weighted by Gasteiger charge is 2.18. The Kier molecular flexibility index (Phi) is 3.55. The molecule has 3 heterocycles. The van der Waals surface area contributed by atoms with Gasteiger partial charge in [-0.3, -0.25) is 0 Å². The van der Waals surface area contributed by atoms with Crippen molar-refractivity contribution in [1.82, 2.24) is 14.5 Å². The minimum Gasteiger partial charge on any atom is -0.312 e. The molecule has 1 saturated heterocycles. The van der Waals surface area contributed by atoms with Crippen molar-refractivity contribution in [3.05, 3.63) is 24.2 Å². The van der Waals surface area contributed by atoms with Gasteiger partial charge in [0.2, 0.25) is 0 Å². The van der Waals surface area contributed by atoms with Gasteiger partial charge in [-0.2, -0.15) is 11.8 Å². The van der Waals surface area contributed by atoms with Crippen LogP contribution in [0.25, 0.3) is 11.2 Å². The second kappa shape index (κ2) is 5.31. The number of imidazole rings is 1. The summed E-state index contributed by atoms with van der Waals surface area (Å²) in [5, 5.41) is 0. The zero-order valence-corrected chi connectivity index (χ0v) is 11.6. The third-order valence-corrected chi connectivity index (χ3v) is 4.73. The van der Waals surface area contributed by atoms with Gasteiger partial charge in [0, 0.05) is 19.2 Å². The number of nitrogens with zero attached hydrogens (tertiary/aromatic N) is 3. The molecule has 1 fully saturated rings. The summed E-state index contributed by atoms with van der Waals surface area (Å²) in [7, 11) is 0. The maximum atomic E-state index is 4.69. The van der Waals surface area contributed by atoms with E-state index in [2.05, 4.69) is 34.3 Å². The van der Waals surface area contributed by atoms with Crippen LogP contribution >= 0.6 is 11.8 Å². The monoisotopic (exact) mass is 261 g/mol. The van der Waals surface area contributed by atoms with Gasteiger partial charge < -0.3 is 4.57 Å². The van der Waals surface area contributed by atoms with Crippen molar-refractivity contribution in [2.45, 2.75) is 32.7 Å². The van der Waals surface area contributed by atoms with E-state index in [-0.39, 0.29) is 0 Å². The molecule has 2 aromatic rings. The van der Waals surface area contributed by atoms with Crippen LogP contribution in [0.2, 0.25) is 0 Å². The Morgan fingerprint density at radius 3 is 3.00 bits per heavy atom. The van der Waals surface area contributed by atoms with Crippen LogP contribution in [-0.4, -0.2) is 26.0 Å². The molecule has 96 valence electrons. The SMILES string of the molecule is CCc1nc2cccnc2n1CC1CCSCC1. The molecule has 0 bridgehead atoms. The summed E-state index contributed by atoms with van der Waals surface area (Å²) in [6.07, 6.45) is 5.52. The average molecular weight is 261 g/mol. The Hall–Kier alpha value is -1.03. The van der Waals surface area contributed by atoms with Gasteiger partial charge in [0.15, 0.2) is 5.65 Å². The second-order valence-electron chi connectivity index (χ2n) is 4.89. The summed E-state index contributed by atoms with van der Waals surface area (Å²) in [4.78, 5) is 9.20. The van der Waals surface area contributed by atoms with Gasteiger partial charge in [0.05, 0.1) is 0 Å². The molecule has 4 heteroatoms. The van der Waals surface area contributed by atoms with Crippen LogP contribution in [0.4, 0.5) is 0 Å². The number of aryl methyl sites for hydroxylation is 1. The molecule has 2 aromatic heterocycles. The molecule has 1 aliphatic rings. The number of fused-ring (bicyclic) bond motifs is 1. The van der Waals surface area contributed by atoms with Crippen LogP contribution in [-0.2, 0) is 13.0 Å². The lowest BCUT2D eigenvalue weighted by atomic mass is 10.0. The molecule has 0 spiro atoms. The molecule has 18 heavy (non-hydrogen) atoms. The molecule has 3 nitrogen and oxygen atoms in total. The minimum atomic E-state index is 0.802. The third-order valence-electron chi connectivity index (χ3n) is 3.68. The first kappa shape index (κ1) is 12.0. The Labute approximate surface area is 112 Å². The highest BCUT2D eigenvalue weighted by molar-refractivity contribution is 7.99. The molecule has 1 aliphatic heterocycles. The van der Waals surface area contributed by atoms with Crippen LogP contribution in [0, 0.1) is 5.92 Å². The molecule has 0 radical (unpaired) electrons. The molecule has 0 aromatic carbocycles. The summed E-state index contributed by atoms with van der Waals surface area (Å²) in [6, 6.07) is 4.03. The van der Waals surface area contributed by atoms with Gasteiger partial charge in [-0.25, -0.2) is 9.97 Å². The predicted octanol–water partition coefficient (Wildman–Crippen LogP) is 3.14. The summed E-state index contributed by atoms with van der Waals surface area (Å²) in [5.41, 5.74) is 2.10. The van der Waals surface area contributed by atoms with Gasteiger partial charge in [-0.15, -0.1) is 0 Å². The first-order valence-electron chi connectivity index (χ1n) is 6.76. The molecule has 0 unspecified atom stereocenters. The van der Waals surface area contributed by atoms with E-state index in [1.165, 1.54) is 30.2 Å². The van der Waals surface area contributed by atoms with E-state index in [4.69, 9.17) is 4.98 Å². The molecule has 0 amide bonds. The number of hydrogen-bond donors (Lipinski definition) is 0. The predicted molar refractivity (Wildman–Crippen MR) is 77.0 cm³/mol. The number of rotatable bonds is 3. The van der Waals surface area contributed by atoms with Crippen molar-refractivity contribution >= 4 is 22.9 Å².